The van der Waals surface area contributed by atoms with Crippen LogP contribution in [0.5, 0.6) is 5.75 Å². The van der Waals surface area contributed by atoms with Gasteiger partial charge in [-0.05, 0) is 44.2 Å². The van der Waals surface area contributed by atoms with Crippen molar-refractivity contribution < 1.29 is 14.5 Å². The summed E-state index contributed by atoms with van der Waals surface area (Å²) in [7, 11) is 0. The Hall–Kier alpha value is -4.61. The SMILES string of the molecule is CCOc1ccc(-n2nnc3c(N4CCN(C(=O)c5ccc(C)c([N+](=O)[O-])c5)CC4)ncnc32)cc1. The molecular formula is C24H24N8O4. The molecule has 0 spiro atoms. The van der Waals surface area contributed by atoms with Crippen LogP contribution in [0.3, 0.4) is 0 Å². The molecule has 0 bridgehead atoms. The third-order valence-electron chi connectivity index (χ3n) is 6.13. The average Bonchev–Trinajstić information content (AvgIpc) is 3.33. The number of nitro groups is 1. The maximum absolute atomic E-state index is 13.0. The zero-order valence-electron chi connectivity index (χ0n) is 19.9. The molecular weight excluding hydrogens is 464 g/mol. The maximum Gasteiger partial charge on any atom is 0.273 e. The third-order valence-corrected chi connectivity index (χ3v) is 6.13. The molecule has 1 saturated heterocycles. The highest BCUT2D eigenvalue weighted by molar-refractivity contribution is 5.95. The molecule has 0 radical (unpaired) electrons. The Morgan fingerprint density at radius 1 is 1.08 bits per heavy atom. The van der Waals surface area contributed by atoms with Gasteiger partial charge in [0.2, 0.25) is 0 Å². The molecule has 184 valence electrons. The molecule has 36 heavy (non-hydrogen) atoms. The van der Waals surface area contributed by atoms with E-state index in [0.717, 1.165) is 11.4 Å². The molecule has 0 unspecified atom stereocenters. The molecule has 1 fully saturated rings. The minimum absolute atomic E-state index is 0.0570. The quantitative estimate of drug-likeness (QED) is 0.297. The van der Waals surface area contributed by atoms with Gasteiger partial charge < -0.3 is 14.5 Å². The van der Waals surface area contributed by atoms with E-state index >= 15 is 0 Å². The molecule has 5 rings (SSSR count). The predicted octanol–water partition coefficient (Wildman–Crippen LogP) is 2.79. The number of amides is 1. The number of nitrogens with zero attached hydrogens (tertiary/aromatic N) is 8. The Morgan fingerprint density at radius 3 is 2.53 bits per heavy atom. The van der Waals surface area contributed by atoms with Gasteiger partial charge in [-0.3, -0.25) is 14.9 Å². The van der Waals surface area contributed by atoms with E-state index in [9.17, 15) is 14.9 Å². The Kier molecular flexibility index (Phi) is 6.15. The summed E-state index contributed by atoms with van der Waals surface area (Å²) in [6.45, 7) is 6.12. The number of aryl methyl sites for hydroxylation is 1. The number of benzene rings is 2. The molecule has 1 amide bonds. The number of aromatic nitrogens is 5. The second kappa shape index (κ2) is 9.56. The second-order valence-corrected chi connectivity index (χ2v) is 8.34. The van der Waals surface area contributed by atoms with Crippen molar-refractivity contribution in [3.8, 4) is 11.4 Å². The van der Waals surface area contributed by atoms with Gasteiger partial charge >= 0.3 is 0 Å². The van der Waals surface area contributed by atoms with Crippen molar-refractivity contribution in [1.29, 1.82) is 0 Å². The number of carbonyl (C=O) groups is 1. The third kappa shape index (κ3) is 4.28. The first-order valence-corrected chi connectivity index (χ1v) is 11.5. The Bertz CT molecular complexity index is 1430. The van der Waals surface area contributed by atoms with Gasteiger partial charge in [0.05, 0.1) is 17.2 Å². The lowest BCUT2D eigenvalue weighted by atomic mass is 10.1. The molecule has 1 aliphatic rings. The topological polar surface area (TPSA) is 132 Å². The van der Waals surface area contributed by atoms with Crippen LogP contribution in [0, 0.1) is 17.0 Å². The van der Waals surface area contributed by atoms with Gasteiger partial charge in [0.1, 0.15) is 12.1 Å². The van der Waals surface area contributed by atoms with E-state index in [0.29, 0.717) is 60.9 Å². The van der Waals surface area contributed by atoms with Gasteiger partial charge in [-0.25, -0.2) is 9.97 Å². The number of hydrogen-bond donors (Lipinski definition) is 0. The molecule has 2 aromatic carbocycles. The predicted molar refractivity (Wildman–Crippen MR) is 132 cm³/mol. The fraction of sp³-hybridized carbons (Fsp3) is 0.292. The first-order chi connectivity index (χ1) is 17.5. The van der Waals surface area contributed by atoms with E-state index < -0.39 is 4.92 Å². The minimum atomic E-state index is -0.467. The lowest BCUT2D eigenvalue weighted by Crippen LogP contribution is -2.49. The largest absolute Gasteiger partial charge is 0.494 e. The van der Waals surface area contributed by atoms with Crippen LogP contribution >= 0.6 is 0 Å². The van der Waals surface area contributed by atoms with Crippen LogP contribution in [0.15, 0.2) is 48.8 Å². The van der Waals surface area contributed by atoms with Gasteiger partial charge in [-0.15, -0.1) is 5.10 Å². The summed E-state index contributed by atoms with van der Waals surface area (Å²) in [6, 6.07) is 12.1. The highest BCUT2D eigenvalue weighted by Gasteiger charge is 2.26. The summed E-state index contributed by atoms with van der Waals surface area (Å²) in [5.41, 5.74) is 2.72. The molecule has 0 saturated carbocycles. The van der Waals surface area contributed by atoms with E-state index in [2.05, 4.69) is 20.3 Å². The summed E-state index contributed by atoms with van der Waals surface area (Å²) in [6.07, 6.45) is 1.48. The molecule has 1 aliphatic heterocycles. The van der Waals surface area contributed by atoms with Crippen LogP contribution < -0.4 is 9.64 Å². The Balaban J connectivity index is 1.33. The highest BCUT2D eigenvalue weighted by Crippen LogP contribution is 2.25. The van der Waals surface area contributed by atoms with Crippen LogP contribution in [0.25, 0.3) is 16.9 Å². The van der Waals surface area contributed by atoms with Crippen molar-refractivity contribution in [2.24, 2.45) is 0 Å². The standard InChI is InChI=1S/C24H24N8O4/c1-3-36-19-8-6-18(7-9-19)31-23-21(27-28-31)22(25-15-26-23)29-10-12-30(13-11-29)24(33)17-5-4-16(2)20(14-17)32(34)35/h4-9,14-15H,3,10-13H2,1-2H3. The van der Waals surface area contributed by atoms with Crippen LogP contribution in [0.4, 0.5) is 11.5 Å². The van der Waals surface area contributed by atoms with E-state index in [-0.39, 0.29) is 11.6 Å². The number of ether oxygens (including phenoxy) is 1. The normalized spacial score (nSPS) is 13.7. The average molecular weight is 489 g/mol. The molecule has 12 nitrogen and oxygen atoms in total. The molecule has 12 heteroatoms. The smallest absolute Gasteiger partial charge is 0.273 e. The van der Waals surface area contributed by atoms with Gasteiger partial charge in [0.15, 0.2) is 17.0 Å². The fourth-order valence-electron chi connectivity index (χ4n) is 4.24. The van der Waals surface area contributed by atoms with E-state index in [4.69, 9.17) is 4.74 Å². The minimum Gasteiger partial charge on any atom is -0.494 e. The van der Waals surface area contributed by atoms with E-state index in [1.165, 1.54) is 12.4 Å². The van der Waals surface area contributed by atoms with Crippen LogP contribution in [-0.4, -0.2) is 73.5 Å². The Labute approximate surface area is 206 Å². The monoisotopic (exact) mass is 488 g/mol. The van der Waals surface area contributed by atoms with Crippen molar-refractivity contribution in [2.45, 2.75) is 13.8 Å². The fourth-order valence-corrected chi connectivity index (χ4v) is 4.24. The van der Waals surface area contributed by atoms with Crippen molar-refractivity contribution in [1.82, 2.24) is 29.9 Å². The lowest BCUT2D eigenvalue weighted by Gasteiger charge is -2.35. The first kappa shape index (κ1) is 23.1. The number of fused-ring (bicyclic) bond motifs is 1. The lowest BCUT2D eigenvalue weighted by molar-refractivity contribution is -0.385. The second-order valence-electron chi connectivity index (χ2n) is 8.34. The Morgan fingerprint density at radius 2 is 1.83 bits per heavy atom. The van der Waals surface area contributed by atoms with Crippen molar-refractivity contribution >= 4 is 28.6 Å². The van der Waals surface area contributed by atoms with E-state index in [1.807, 2.05) is 36.1 Å². The number of rotatable bonds is 6. The molecule has 0 aliphatic carbocycles. The first-order valence-electron chi connectivity index (χ1n) is 11.5. The highest BCUT2D eigenvalue weighted by atomic mass is 16.6. The summed E-state index contributed by atoms with van der Waals surface area (Å²) >= 11 is 0. The zero-order chi connectivity index (χ0) is 25.2. The van der Waals surface area contributed by atoms with Gasteiger partial charge in [0, 0.05) is 43.4 Å². The van der Waals surface area contributed by atoms with Crippen molar-refractivity contribution in [3.63, 3.8) is 0 Å². The number of carbonyl (C=O) groups excluding carboxylic acids is 1. The van der Waals surface area contributed by atoms with Crippen LogP contribution in [-0.2, 0) is 0 Å². The van der Waals surface area contributed by atoms with Gasteiger partial charge in [-0.1, -0.05) is 11.3 Å². The van der Waals surface area contributed by atoms with Crippen LogP contribution in [0.1, 0.15) is 22.8 Å². The number of hydrogen-bond acceptors (Lipinski definition) is 9. The molecule has 0 atom stereocenters. The zero-order valence-corrected chi connectivity index (χ0v) is 19.9. The maximum atomic E-state index is 13.0. The van der Waals surface area contributed by atoms with Gasteiger partial charge in [0.25, 0.3) is 11.6 Å². The summed E-state index contributed by atoms with van der Waals surface area (Å²) in [5, 5.41) is 19.9. The van der Waals surface area contributed by atoms with Crippen LogP contribution in [0.2, 0.25) is 0 Å². The summed E-state index contributed by atoms with van der Waals surface area (Å²) in [5.74, 6) is 1.19. The van der Waals surface area contributed by atoms with E-state index in [1.54, 1.807) is 28.6 Å². The van der Waals surface area contributed by atoms with Crippen molar-refractivity contribution in [3.05, 3.63) is 70.0 Å². The summed E-state index contributed by atoms with van der Waals surface area (Å²) in [4.78, 5) is 36.4. The van der Waals surface area contributed by atoms with Crippen molar-refractivity contribution in [2.75, 3.05) is 37.7 Å². The molecule has 4 aromatic rings. The molecule has 3 heterocycles. The summed E-state index contributed by atoms with van der Waals surface area (Å²) < 4.78 is 7.16. The van der Waals surface area contributed by atoms with Gasteiger partial charge in [-0.2, -0.15) is 4.68 Å². The number of piperazine rings is 1. The molecule has 2 aromatic heterocycles. The number of anilines is 1. The molecule has 0 N–H and O–H groups in total. The number of nitro benzene ring substituents is 1.